The Morgan fingerprint density at radius 2 is 2.00 bits per heavy atom. The van der Waals surface area contributed by atoms with Gasteiger partial charge in [-0.15, -0.1) is 0 Å². The monoisotopic (exact) mass is 287 g/mol. The fraction of sp³-hybridized carbons (Fsp3) is 0.438. The predicted molar refractivity (Wildman–Crippen MR) is 80.7 cm³/mol. The van der Waals surface area contributed by atoms with E-state index in [0.717, 1.165) is 41.3 Å². The van der Waals surface area contributed by atoms with Gasteiger partial charge in [0.2, 0.25) is 0 Å². The minimum Gasteiger partial charge on any atom is -0.490 e. The van der Waals surface area contributed by atoms with E-state index >= 15 is 0 Å². The van der Waals surface area contributed by atoms with Crippen LogP contribution in [-0.2, 0) is 13.5 Å². The largest absolute Gasteiger partial charge is 0.490 e. The number of nitrogens with two attached hydrogens (primary N) is 1. The van der Waals surface area contributed by atoms with Crippen molar-refractivity contribution in [2.45, 2.75) is 25.8 Å². The van der Waals surface area contributed by atoms with Gasteiger partial charge < -0.3 is 15.2 Å². The molecule has 2 aromatic rings. The van der Waals surface area contributed by atoms with Gasteiger partial charge in [0.05, 0.1) is 30.6 Å². The van der Waals surface area contributed by atoms with Crippen molar-refractivity contribution in [3.63, 3.8) is 0 Å². The van der Waals surface area contributed by atoms with E-state index in [1.54, 1.807) is 0 Å². The Morgan fingerprint density at radius 3 is 2.71 bits per heavy atom. The molecule has 0 bridgehead atoms. The molecule has 0 saturated carbocycles. The molecule has 5 heteroatoms. The summed E-state index contributed by atoms with van der Waals surface area (Å²) >= 11 is 0. The maximum atomic E-state index is 6.40. The number of benzene rings is 1. The molecule has 1 aromatic heterocycles. The van der Waals surface area contributed by atoms with Crippen LogP contribution in [0.15, 0.2) is 24.3 Å². The lowest BCUT2D eigenvalue weighted by Gasteiger charge is -2.15. The lowest BCUT2D eigenvalue weighted by atomic mass is 10.0. The predicted octanol–water partition coefficient (Wildman–Crippen LogP) is 2.19. The molecule has 1 aliphatic rings. The molecule has 0 amide bonds. The fourth-order valence-corrected chi connectivity index (χ4v) is 2.55. The number of nitrogens with zero attached hydrogens (tertiary/aromatic N) is 2. The van der Waals surface area contributed by atoms with Crippen molar-refractivity contribution < 1.29 is 9.47 Å². The second kappa shape index (κ2) is 5.77. The first-order valence-electron chi connectivity index (χ1n) is 7.37. The molecule has 0 saturated heterocycles. The average molecular weight is 287 g/mol. The van der Waals surface area contributed by atoms with Gasteiger partial charge in [-0.1, -0.05) is 13.0 Å². The van der Waals surface area contributed by atoms with E-state index in [4.69, 9.17) is 15.2 Å². The Balaban J connectivity index is 1.92. The number of rotatable bonds is 3. The van der Waals surface area contributed by atoms with Gasteiger partial charge in [0.25, 0.3) is 0 Å². The van der Waals surface area contributed by atoms with Crippen LogP contribution < -0.4 is 15.2 Å². The number of hydrogen-bond donors (Lipinski definition) is 1. The third-order valence-electron chi connectivity index (χ3n) is 3.78. The lowest BCUT2D eigenvalue weighted by molar-refractivity contribution is 0.297. The molecule has 21 heavy (non-hydrogen) atoms. The summed E-state index contributed by atoms with van der Waals surface area (Å²) in [5.41, 5.74) is 9.46. The van der Waals surface area contributed by atoms with Crippen LogP contribution in [0.25, 0.3) is 0 Å². The zero-order chi connectivity index (χ0) is 14.8. The van der Waals surface area contributed by atoms with Crippen LogP contribution in [0.2, 0.25) is 0 Å². The number of aryl methyl sites for hydroxylation is 2. The molecule has 0 radical (unpaired) electrons. The van der Waals surface area contributed by atoms with Crippen LogP contribution in [0.1, 0.15) is 36.3 Å². The molecule has 2 N–H and O–H groups in total. The van der Waals surface area contributed by atoms with Crippen molar-refractivity contribution in [3.8, 4) is 11.5 Å². The molecule has 2 heterocycles. The number of ether oxygens (including phenoxy) is 2. The Bertz CT molecular complexity index is 636. The van der Waals surface area contributed by atoms with Gasteiger partial charge in [-0.05, 0) is 30.2 Å². The summed E-state index contributed by atoms with van der Waals surface area (Å²) in [5.74, 6) is 1.57. The van der Waals surface area contributed by atoms with Crippen molar-refractivity contribution in [2.24, 2.45) is 12.8 Å². The Hall–Kier alpha value is -2.01. The van der Waals surface area contributed by atoms with Gasteiger partial charge in [0.1, 0.15) is 0 Å². The van der Waals surface area contributed by atoms with E-state index in [9.17, 15) is 0 Å². The molecular formula is C16H21N3O2. The van der Waals surface area contributed by atoms with E-state index in [-0.39, 0.29) is 6.04 Å². The lowest BCUT2D eigenvalue weighted by Crippen LogP contribution is -2.16. The van der Waals surface area contributed by atoms with E-state index < -0.39 is 0 Å². The molecule has 1 atom stereocenters. The van der Waals surface area contributed by atoms with Crippen LogP contribution in [0.3, 0.4) is 0 Å². The molecule has 5 nitrogen and oxygen atoms in total. The summed E-state index contributed by atoms with van der Waals surface area (Å²) in [5, 5.41) is 4.46. The van der Waals surface area contributed by atoms with Gasteiger partial charge >= 0.3 is 0 Å². The van der Waals surface area contributed by atoms with E-state index in [2.05, 4.69) is 18.1 Å². The second-order valence-corrected chi connectivity index (χ2v) is 5.27. The van der Waals surface area contributed by atoms with Crippen molar-refractivity contribution in [3.05, 3.63) is 41.2 Å². The summed E-state index contributed by atoms with van der Waals surface area (Å²) in [4.78, 5) is 0. The number of fused-ring (bicyclic) bond motifs is 1. The summed E-state index contributed by atoms with van der Waals surface area (Å²) < 4.78 is 13.2. The zero-order valence-electron chi connectivity index (χ0n) is 12.5. The first-order chi connectivity index (χ1) is 10.2. The topological polar surface area (TPSA) is 62.3 Å². The molecule has 1 aliphatic heterocycles. The molecule has 112 valence electrons. The highest BCUT2D eigenvalue weighted by molar-refractivity contribution is 5.45. The molecule has 0 fully saturated rings. The summed E-state index contributed by atoms with van der Waals surface area (Å²) in [6.07, 6.45) is 1.80. The van der Waals surface area contributed by atoms with Crippen molar-refractivity contribution in [2.75, 3.05) is 13.2 Å². The standard InChI is InChI=1S/C16H21N3O2/c1-3-12-10-13(19(2)18-12)16(17)11-5-6-14-15(9-11)21-8-4-7-20-14/h5-6,9-10,16H,3-4,7-8,17H2,1-2H3. The zero-order valence-corrected chi connectivity index (χ0v) is 12.5. The van der Waals surface area contributed by atoms with Crippen molar-refractivity contribution in [1.82, 2.24) is 9.78 Å². The van der Waals surface area contributed by atoms with Gasteiger partial charge in [-0.3, -0.25) is 4.68 Å². The SMILES string of the molecule is CCc1cc(C(N)c2ccc3c(c2)OCCCO3)n(C)n1. The van der Waals surface area contributed by atoms with Crippen LogP contribution in [0.5, 0.6) is 11.5 Å². The molecule has 0 spiro atoms. The van der Waals surface area contributed by atoms with Crippen molar-refractivity contribution in [1.29, 1.82) is 0 Å². The molecule has 3 rings (SSSR count). The van der Waals surface area contributed by atoms with Crippen molar-refractivity contribution >= 4 is 0 Å². The highest BCUT2D eigenvalue weighted by Crippen LogP contribution is 2.33. The van der Waals surface area contributed by atoms with Crippen LogP contribution in [0, 0.1) is 0 Å². The van der Waals surface area contributed by atoms with Crippen LogP contribution >= 0.6 is 0 Å². The van der Waals surface area contributed by atoms with E-state index in [0.29, 0.717) is 13.2 Å². The number of aromatic nitrogens is 2. The maximum Gasteiger partial charge on any atom is 0.161 e. The third-order valence-corrected chi connectivity index (χ3v) is 3.78. The molecule has 1 unspecified atom stereocenters. The smallest absolute Gasteiger partial charge is 0.161 e. The quantitative estimate of drug-likeness (QED) is 0.940. The van der Waals surface area contributed by atoms with Crippen LogP contribution in [0.4, 0.5) is 0 Å². The van der Waals surface area contributed by atoms with E-state index in [1.165, 1.54) is 0 Å². The molecule has 1 aromatic carbocycles. The van der Waals surface area contributed by atoms with Gasteiger partial charge in [-0.2, -0.15) is 5.10 Å². The normalized spacial score (nSPS) is 15.6. The first kappa shape index (κ1) is 13.9. The maximum absolute atomic E-state index is 6.40. The Labute approximate surface area is 124 Å². The van der Waals surface area contributed by atoms with Gasteiger partial charge in [-0.25, -0.2) is 0 Å². The Kier molecular flexibility index (Phi) is 3.84. The highest BCUT2D eigenvalue weighted by atomic mass is 16.5. The number of hydrogen-bond acceptors (Lipinski definition) is 4. The molecule has 0 aliphatic carbocycles. The minimum atomic E-state index is -0.222. The first-order valence-corrected chi connectivity index (χ1v) is 7.37. The second-order valence-electron chi connectivity index (χ2n) is 5.27. The summed E-state index contributed by atoms with van der Waals surface area (Å²) in [6, 6.07) is 7.75. The van der Waals surface area contributed by atoms with E-state index in [1.807, 2.05) is 29.9 Å². The summed E-state index contributed by atoms with van der Waals surface area (Å²) in [7, 11) is 1.93. The third kappa shape index (κ3) is 2.74. The molecular weight excluding hydrogens is 266 g/mol. The average Bonchev–Trinajstić information content (AvgIpc) is 2.72. The van der Waals surface area contributed by atoms with Crippen LogP contribution in [-0.4, -0.2) is 23.0 Å². The minimum absolute atomic E-state index is 0.222. The fourth-order valence-electron chi connectivity index (χ4n) is 2.55. The highest BCUT2D eigenvalue weighted by Gasteiger charge is 2.18. The summed E-state index contributed by atoms with van der Waals surface area (Å²) in [6.45, 7) is 3.46. The van der Waals surface area contributed by atoms with Gasteiger partial charge in [0.15, 0.2) is 11.5 Å². The van der Waals surface area contributed by atoms with Gasteiger partial charge in [0, 0.05) is 13.5 Å². The Morgan fingerprint density at radius 1 is 1.24 bits per heavy atom.